The Bertz CT molecular complexity index is 529. The third kappa shape index (κ3) is 2.98. The van der Waals surface area contributed by atoms with E-state index >= 15 is 0 Å². The standard InChI is InChI=1S/C18H27N3O/c1-15-7-3-4-8-16(15)20-11-13-21(14-12-20)17(22)18(2)9-5-6-10-19-18/h3-4,7-8,19H,5-6,9-14H2,1-2H3. The Morgan fingerprint density at radius 2 is 1.86 bits per heavy atom. The Morgan fingerprint density at radius 1 is 1.14 bits per heavy atom. The minimum absolute atomic E-state index is 0.289. The van der Waals surface area contributed by atoms with E-state index in [0.717, 1.165) is 45.6 Å². The highest BCUT2D eigenvalue weighted by atomic mass is 16.2. The quantitative estimate of drug-likeness (QED) is 0.909. The number of aryl methyl sites for hydroxylation is 1. The van der Waals surface area contributed by atoms with E-state index in [-0.39, 0.29) is 11.4 Å². The molecular formula is C18H27N3O. The Balaban J connectivity index is 1.62. The van der Waals surface area contributed by atoms with Gasteiger partial charge in [-0.2, -0.15) is 0 Å². The molecule has 2 aliphatic heterocycles. The average molecular weight is 301 g/mol. The number of amides is 1. The molecule has 0 radical (unpaired) electrons. The summed E-state index contributed by atoms with van der Waals surface area (Å²) < 4.78 is 0. The Labute approximate surface area is 133 Å². The van der Waals surface area contributed by atoms with Gasteiger partial charge in [0.1, 0.15) is 0 Å². The molecule has 120 valence electrons. The van der Waals surface area contributed by atoms with Gasteiger partial charge in [0.05, 0.1) is 5.54 Å². The highest BCUT2D eigenvalue weighted by Gasteiger charge is 2.38. The van der Waals surface area contributed by atoms with Crippen LogP contribution >= 0.6 is 0 Å². The number of hydrogen-bond acceptors (Lipinski definition) is 3. The largest absolute Gasteiger partial charge is 0.368 e. The number of nitrogens with zero attached hydrogens (tertiary/aromatic N) is 2. The Hall–Kier alpha value is -1.55. The molecule has 1 unspecified atom stereocenters. The molecule has 0 spiro atoms. The molecule has 4 heteroatoms. The van der Waals surface area contributed by atoms with E-state index in [9.17, 15) is 4.79 Å². The van der Waals surface area contributed by atoms with Crippen LogP contribution in [0.3, 0.4) is 0 Å². The van der Waals surface area contributed by atoms with Crippen LogP contribution in [0.5, 0.6) is 0 Å². The fourth-order valence-corrected chi connectivity index (χ4v) is 3.66. The van der Waals surface area contributed by atoms with E-state index in [1.165, 1.54) is 17.7 Å². The zero-order valence-electron chi connectivity index (χ0n) is 13.8. The number of anilines is 1. The number of hydrogen-bond donors (Lipinski definition) is 1. The molecule has 0 bridgehead atoms. The van der Waals surface area contributed by atoms with Crippen molar-refractivity contribution in [3.8, 4) is 0 Å². The average Bonchev–Trinajstić information content (AvgIpc) is 2.55. The van der Waals surface area contributed by atoms with E-state index in [1.54, 1.807) is 0 Å². The van der Waals surface area contributed by atoms with E-state index in [1.807, 2.05) is 4.90 Å². The normalized spacial score (nSPS) is 26.1. The third-order valence-corrected chi connectivity index (χ3v) is 5.11. The molecule has 1 aromatic carbocycles. The molecule has 3 rings (SSSR count). The second-order valence-corrected chi connectivity index (χ2v) is 6.78. The summed E-state index contributed by atoms with van der Waals surface area (Å²) in [6.07, 6.45) is 3.30. The molecule has 0 aliphatic carbocycles. The lowest BCUT2D eigenvalue weighted by Crippen LogP contribution is -2.61. The van der Waals surface area contributed by atoms with Gasteiger partial charge in [-0.1, -0.05) is 18.2 Å². The zero-order valence-corrected chi connectivity index (χ0v) is 13.8. The molecular weight excluding hydrogens is 274 g/mol. The fraction of sp³-hybridized carbons (Fsp3) is 0.611. The van der Waals surface area contributed by atoms with Crippen LogP contribution in [0.15, 0.2) is 24.3 Å². The molecule has 1 atom stereocenters. The predicted octanol–water partition coefficient (Wildman–Crippen LogP) is 2.18. The number of para-hydroxylation sites is 1. The number of nitrogens with one attached hydrogen (secondary N) is 1. The summed E-state index contributed by atoms with van der Waals surface area (Å²) in [5.41, 5.74) is 2.27. The summed E-state index contributed by atoms with van der Waals surface area (Å²) in [5, 5.41) is 3.44. The van der Waals surface area contributed by atoms with Crippen molar-refractivity contribution in [1.82, 2.24) is 10.2 Å². The lowest BCUT2D eigenvalue weighted by atomic mass is 9.89. The molecule has 4 nitrogen and oxygen atoms in total. The van der Waals surface area contributed by atoms with Gasteiger partial charge < -0.3 is 15.1 Å². The monoisotopic (exact) mass is 301 g/mol. The van der Waals surface area contributed by atoms with E-state index in [4.69, 9.17) is 0 Å². The topological polar surface area (TPSA) is 35.6 Å². The summed E-state index contributed by atoms with van der Waals surface area (Å²) in [6, 6.07) is 8.50. The Kier molecular flexibility index (Phi) is 4.39. The molecule has 22 heavy (non-hydrogen) atoms. The van der Waals surface area contributed by atoms with Crippen molar-refractivity contribution in [2.24, 2.45) is 0 Å². The van der Waals surface area contributed by atoms with Crippen LogP contribution in [0.4, 0.5) is 5.69 Å². The van der Waals surface area contributed by atoms with Gasteiger partial charge in [-0.05, 0) is 51.3 Å². The smallest absolute Gasteiger partial charge is 0.242 e. The maximum Gasteiger partial charge on any atom is 0.242 e. The van der Waals surface area contributed by atoms with Crippen molar-refractivity contribution < 1.29 is 4.79 Å². The summed E-state index contributed by atoms with van der Waals surface area (Å²) in [7, 11) is 0. The molecule has 1 amide bonds. The van der Waals surface area contributed by atoms with Gasteiger partial charge in [-0.15, -0.1) is 0 Å². The molecule has 0 aromatic heterocycles. The summed E-state index contributed by atoms with van der Waals surface area (Å²) in [5.74, 6) is 0.289. The molecule has 2 aliphatic rings. The second-order valence-electron chi connectivity index (χ2n) is 6.78. The first kappa shape index (κ1) is 15.3. The van der Waals surface area contributed by atoms with E-state index in [0.29, 0.717) is 0 Å². The first-order valence-corrected chi connectivity index (χ1v) is 8.45. The maximum atomic E-state index is 12.8. The van der Waals surface area contributed by atoms with Crippen LogP contribution in [0, 0.1) is 6.92 Å². The number of rotatable bonds is 2. The van der Waals surface area contributed by atoms with Gasteiger partial charge in [-0.3, -0.25) is 4.79 Å². The van der Waals surface area contributed by atoms with Crippen LogP contribution in [0.1, 0.15) is 31.7 Å². The Morgan fingerprint density at radius 3 is 2.50 bits per heavy atom. The highest BCUT2D eigenvalue weighted by molar-refractivity contribution is 5.86. The highest BCUT2D eigenvalue weighted by Crippen LogP contribution is 2.24. The summed E-state index contributed by atoms with van der Waals surface area (Å²) in [4.78, 5) is 17.3. The molecule has 2 fully saturated rings. The van der Waals surface area contributed by atoms with Gasteiger partial charge in [-0.25, -0.2) is 0 Å². The maximum absolute atomic E-state index is 12.8. The van der Waals surface area contributed by atoms with Crippen LogP contribution in [-0.4, -0.2) is 49.1 Å². The van der Waals surface area contributed by atoms with Gasteiger partial charge in [0, 0.05) is 31.9 Å². The first-order chi connectivity index (χ1) is 10.6. The fourth-order valence-electron chi connectivity index (χ4n) is 3.66. The summed E-state index contributed by atoms with van der Waals surface area (Å²) in [6.45, 7) is 8.68. The van der Waals surface area contributed by atoms with Crippen molar-refractivity contribution in [1.29, 1.82) is 0 Å². The van der Waals surface area contributed by atoms with Gasteiger partial charge in [0.15, 0.2) is 0 Å². The van der Waals surface area contributed by atoms with Crippen molar-refractivity contribution in [3.63, 3.8) is 0 Å². The van der Waals surface area contributed by atoms with Crippen molar-refractivity contribution in [3.05, 3.63) is 29.8 Å². The van der Waals surface area contributed by atoms with Gasteiger partial charge in [0.2, 0.25) is 5.91 Å². The minimum Gasteiger partial charge on any atom is -0.368 e. The lowest BCUT2D eigenvalue weighted by Gasteiger charge is -2.42. The number of carbonyl (C=O) groups is 1. The zero-order chi connectivity index (χ0) is 15.6. The summed E-state index contributed by atoms with van der Waals surface area (Å²) >= 11 is 0. The predicted molar refractivity (Wildman–Crippen MR) is 90.2 cm³/mol. The van der Waals surface area contributed by atoms with Gasteiger partial charge in [0.25, 0.3) is 0 Å². The van der Waals surface area contributed by atoms with Gasteiger partial charge >= 0.3 is 0 Å². The number of piperidine rings is 1. The second kappa shape index (κ2) is 6.29. The van der Waals surface area contributed by atoms with Crippen molar-refractivity contribution >= 4 is 11.6 Å². The SMILES string of the molecule is Cc1ccccc1N1CCN(C(=O)C2(C)CCCCN2)CC1. The van der Waals surface area contributed by atoms with Crippen molar-refractivity contribution in [2.75, 3.05) is 37.6 Å². The number of carbonyl (C=O) groups excluding carboxylic acids is 1. The van der Waals surface area contributed by atoms with E-state index < -0.39 is 0 Å². The molecule has 0 saturated carbocycles. The van der Waals surface area contributed by atoms with Crippen molar-refractivity contribution in [2.45, 2.75) is 38.6 Å². The molecule has 1 aromatic rings. The lowest BCUT2D eigenvalue weighted by molar-refractivity contribution is -0.139. The molecule has 1 N–H and O–H groups in total. The van der Waals surface area contributed by atoms with Crippen LogP contribution in [-0.2, 0) is 4.79 Å². The number of benzene rings is 1. The first-order valence-electron chi connectivity index (χ1n) is 8.45. The number of piperazine rings is 1. The van der Waals surface area contributed by atoms with Crippen LogP contribution in [0.2, 0.25) is 0 Å². The molecule has 2 heterocycles. The minimum atomic E-state index is -0.344. The third-order valence-electron chi connectivity index (χ3n) is 5.11. The van der Waals surface area contributed by atoms with Crippen LogP contribution < -0.4 is 10.2 Å². The van der Waals surface area contributed by atoms with E-state index in [2.05, 4.69) is 48.3 Å². The van der Waals surface area contributed by atoms with Crippen LogP contribution in [0.25, 0.3) is 0 Å². The molecule has 2 saturated heterocycles.